The molecule has 0 amide bonds. The molecule has 0 spiro atoms. The second-order valence-corrected chi connectivity index (χ2v) is 7.27. The average molecular weight is 283 g/mol. The number of sulfone groups is 1. The molecule has 19 heavy (non-hydrogen) atoms. The predicted octanol–water partition coefficient (Wildman–Crippen LogP) is 1.92. The van der Waals surface area contributed by atoms with Crippen molar-refractivity contribution in [3.63, 3.8) is 0 Å². The molecular formula is C14H21NO3S. The van der Waals surface area contributed by atoms with Gasteiger partial charge in [-0.3, -0.25) is 0 Å². The van der Waals surface area contributed by atoms with Crippen LogP contribution >= 0.6 is 0 Å². The Morgan fingerprint density at radius 3 is 2.32 bits per heavy atom. The van der Waals surface area contributed by atoms with Crippen molar-refractivity contribution in [2.45, 2.75) is 42.8 Å². The molecule has 1 unspecified atom stereocenters. The summed E-state index contributed by atoms with van der Waals surface area (Å²) < 4.78 is 28.0. The summed E-state index contributed by atoms with van der Waals surface area (Å²) in [5.74, 6) is 0. The SMILES string of the molecule is COC1CC(NC(C)c2ccc(S(C)(=O)=O)cc2)C1. The summed E-state index contributed by atoms with van der Waals surface area (Å²) in [5.41, 5.74) is 1.10. The van der Waals surface area contributed by atoms with E-state index in [1.165, 1.54) is 6.26 Å². The molecular weight excluding hydrogens is 262 g/mol. The third kappa shape index (κ3) is 3.55. The van der Waals surface area contributed by atoms with Gasteiger partial charge in [-0.05, 0) is 37.5 Å². The second-order valence-electron chi connectivity index (χ2n) is 5.26. The van der Waals surface area contributed by atoms with Gasteiger partial charge < -0.3 is 10.1 Å². The highest BCUT2D eigenvalue weighted by Gasteiger charge is 2.29. The Bertz CT molecular complexity index is 518. The van der Waals surface area contributed by atoms with E-state index in [0.29, 0.717) is 17.0 Å². The summed E-state index contributed by atoms with van der Waals surface area (Å²) in [6, 6.07) is 7.80. The highest BCUT2D eigenvalue weighted by atomic mass is 32.2. The van der Waals surface area contributed by atoms with Gasteiger partial charge in [-0.15, -0.1) is 0 Å². The third-order valence-corrected chi connectivity index (χ3v) is 4.85. The lowest BCUT2D eigenvalue weighted by atomic mass is 9.88. The molecule has 0 aromatic heterocycles. The minimum atomic E-state index is -3.11. The first-order valence-corrected chi connectivity index (χ1v) is 8.38. The first-order valence-electron chi connectivity index (χ1n) is 6.49. The molecule has 0 aliphatic heterocycles. The molecule has 1 fully saturated rings. The molecule has 0 heterocycles. The molecule has 1 aliphatic carbocycles. The third-order valence-electron chi connectivity index (χ3n) is 3.72. The fourth-order valence-corrected chi connectivity index (χ4v) is 2.98. The van der Waals surface area contributed by atoms with E-state index in [1.54, 1.807) is 19.2 Å². The Morgan fingerprint density at radius 2 is 1.84 bits per heavy atom. The molecule has 1 aromatic carbocycles. The predicted molar refractivity (Wildman–Crippen MR) is 74.9 cm³/mol. The number of hydrogen-bond acceptors (Lipinski definition) is 4. The maximum Gasteiger partial charge on any atom is 0.175 e. The number of hydrogen-bond donors (Lipinski definition) is 1. The van der Waals surface area contributed by atoms with Crippen molar-refractivity contribution in [2.75, 3.05) is 13.4 Å². The fraction of sp³-hybridized carbons (Fsp3) is 0.571. The van der Waals surface area contributed by atoms with E-state index in [0.717, 1.165) is 18.4 Å². The molecule has 1 aromatic rings. The van der Waals surface area contributed by atoms with E-state index in [-0.39, 0.29) is 6.04 Å². The van der Waals surface area contributed by atoms with Gasteiger partial charge in [0.15, 0.2) is 9.84 Å². The van der Waals surface area contributed by atoms with Gasteiger partial charge in [0.1, 0.15) is 0 Å². The number of rotatable bonds is 5. The molecule has 4 nitrogen and oxygen atoms in total. The summed E-state index contributed by atoms with van der Waals surface area (Å²) in [6.45, 7) is 2.09. The smallest absolute Gasteiger partial charge is 0.175 e. The Kier molecular flexibility index (Phi) is 4.28. The standard InChI is InChI=1S/C14H21NO3S/c1-10(15-12-8-13(9-12)18-2)11-4-6-14(7-5-11)19(3,16)17/h4-7,10,12-13,15H,8-9H2,1-3H3. The van der Waals surface area contributed by atoms with E-state index < -0.39 is 9.84 Å². The zero-order valence-electron chi connectivity index (χ0n) is 11.6. The van der Waals surface area contributed by atoms with Gasteiger partial charge in [0.2, 0.25) is 0 Å². The topological polar surface area (TPSA) is 55.4 Å². The molecule has 2 rings (SSSR count). The van der Waals surface area contributed by atoms with E-state index in [1.807, 2.05) is 12.1 Å². The minimum absolute atomic E-state index is 0.219. The van der Waals surface area contributed by atoms with Gasteiger partial charge in [0.05, 0.1) is 11.0 Å². The van der Waals surface area contributed by atoms with Crippen LogP contribution in [0.1, 0.15) is 31.4 Å². The average Bonchev–Trinajstić information content (AvgIpc) is 2.32. The number of nitrogens with one attached hydrogen (secondary N) is 1. The van der Waals surface area contributed by atoms with Gasteiger partial charge in [-0.1, -0.05) is 12.1 Å². The van der Waals surface area contributed by atoms with Crippen molar-refractivity contribution in [1.29, 1.82) is 0 Å². The molecule has 1 aliphatic rings. The van der Waals surface area contributed by atoms with Gasteiger partial charge in [-0.2, -0.15) is 0 Å². The molecule has 1 N–H and O–H groups in total. The Hall–Kier alpha value is -0.910. The van der Waals surface area contributed by atoms with Crippen molar-refractivity contribution < 1.29 is 13.2 Å². The first kappa shape index (κ1) is 14.5. The first-order chi connectivity index (χ1) is 8.90. The summed E-state index contributed by atoms with van der Waals surface area (Å²) in [6.07, 6.45) is 3.70. The van der Waals surface area contributed by atoms with Crippen molar-refractivity contribution in [1.82, 2.24) is 5.32 Å². The molecule has 0 bridgehead atoms. The van der Waals surface area contributed by atoms with E-state index in [4.69, 9.17) is 4.74 Å². The number of ether oxygens (including phenoxy) is 1. The van der Waals surface area contributed by atoms with Crippen LogP contribution in [0, 0.1) is 0 Å². The molecule has 1 atom stereocenters. The van der Waals surface area contributed by atoms with E-state index in [2.05, 4.69) is 12.2 Å². The van der Waals surface area contributed by atoms with Crippen molar-refractivity contribution >= 4 is 9.84 Å². The zero-order valence-corrected chi connectivity index (χ0v) is 12.4. The monoisotopic (exact) mass is 283 g/mol. The largest absolute Gasteiger partial charge is 0.381 e. The van der Waals surface area contributed by atoms with Crippen LogP contribution in [0.3, 0.4) is 0 Å². The zero-order chi connectivity index (χ0) is 14.0. The summed E-state index contributed by atoms with van der Waals surface area (Å²) in [5, 5.41) is 3.53. The van der Waals surface area contributed by atoms with Crippen molar-refractivity contribution in [3.05, 3.63) is 29.8 Å². The maximum absolute atomic E-state index is 11.4. The van der Waals surface area contributed by atoms with Gasteiger partial charge >= 0.3 is 0 Å². The van der Waals surface area contributed by atoms with Crippen molar-refractivity contribution in [3.8, 4) is 0 Å². The second kappa shape index (κ2) is 5.61. The Morgan fingerprint density at radius 1 is 1.26 bits per heavy atom. The minimum Gasteiger partial charge on any atom is -0.381 e. The normalized spacial score (nSPS) is 24.8. The van der Waals surface area contributed by atoms with Gasteiger partial charge in [0, 0.05) is 25.4 Å². The van der Waals surface area contributed by atoms with Gasteiger partial charge in [0.25, 0.3) is 0 Å². The molecule has 106 valence electrons. The highest BCUT2D eigenvalue weighted by molar-refractivity contribution is 7.90. The lowest BCUT2D eigenvalue weighted by Gasteiger charge is -2.36. The summed E-state index contributed by atoms with van der Waals surface area (Å²) in [7, 11) is -1.37. The summed E-state index contributed by atoms with van der Waals surface area (Å²) in [4.78, 5) is 0.367. The van der Waals surface area contributed by atoms with Crippen LogP contribution in [0.4, 0.5) is 0 Å². The van der Waals surface area contributed by atoms with E-state index >= 15 is 0 Å². The van der Waals surface area contributed by atoms with Crippen LogP contribution in [-0.4, -0.2) is 33.9 Å². The van der Waals surface area contributed by atoms with Crippen LogP contribution in [-0.2, 0) is 14.6 Å². The molecule has 5 heteroatoms. The fourth-order valence-electron chi connectivity index (χ4n) is 2.35. The quantitative estimate of drug-likeness (QED) is 0.897. The van der Waals surface area contributed by atoms with Gasteiger partial charge in [-0.25, -0.2) is 8.42 Å². The van der Waals surface area contributed by atoms with Crippen LogP contribution in [0.2, 0.25) is 0 Å². The van der Waals surface area contributed by atoms with Crippen molar-refractivity contribution in [2.24, 2.45) is 0 Å². The Labute approximate surface area is 115 Å². The highest BCUT2D eigenvalue weighted by Crippen LogP contribution is 2.26. The molecule has 0 radical (unpaired) electrons. The van der Waals surface area contributed by atoms with Crippen LogP contribution in [0.25, 0.3) is 0 Å². The number of methoxy groups -OCH3 is 1. The maximum atomic E-state index is 11.4. The van der Waals surface area contributed by atoms with Crippen LogP contribution in [0.5, 0.6) is 0 Å². The van der Waals surface area contributed by atoms with E-state index in [9.17, 15) is 8.42 Å². The Balaban J connectivity index is 1.95. The molecule has 1 saturated carbocycles. The number of benzene rings is 1. The summed E-state index contributed by atoms with van der Waals surface area (Å²) >= 11 is 0. The lowest BCUT2D eigenvalue weighted by Crippen LogP contribution is -2.45. The molecule has 0 saturated heterocycles. The van der Waals surface area contributed by atoms with Crippen LogP contribution < -0.4 is 5.32 Å². The lowest BCUT2D eigenvalue weighted by molar-refractivity contribution is 0.0147. The van der Waals surface area contributed by atoms with Crippen LogP contribution in [0.15, 0.2) is 29.2 Å².